The number of hydrazine groups is 1. The second-order valence-electron chi connectivity index (χ2n) is 8.57. The first kappa shape index (κ1) is 23.3. The maximum Gasteiger partial charge on any atom is 0.289 e. The number of carbonyl (C=O) groups excluding carboxylic acids is 3. The van der Waals surface area contributed by atoms with Crippen LogP contribution in [0, 0.1) is 0 Å². The molecule has 1 aliphatic rings. The van der Waals surface area contributed by atoms with Gasteiger partial charge in [0, 0.05) is 41.5 Å². The number of hydrogen-bond acceptors (Lipinski definition) is 6. The van der Waals surface area contributed by atoms with Crippen molar-refractivity contribution in [1.82, 2.24) is 25.7 Å². The molecule has 3 N–H and O–H groups in total. The number of nitrogens with zero attached hydrogens (tertiary/aromatic N) is 2. The number of para-hydroxylation sites is 1. The Balaban J connectivity index is 1.10. The third kappa shape index (κ3) is 5.44. The Morgan fingerprint density at radius 3 is 2.69 bits per heavy atom. The highest BCUT2D eigenvalue weighted by atomic mass is 32.1. The van der Waals surface area contributed by atoms with Gasteiger partial charge >= 0.3 is 0 Å². The maximum absolute atomic E-state index is 12.9. The first-order chi connectivity index (χ1) is 17.1. The van der Waals surface area contributed by atoms with Crippen molar-refractivity contribution in [3.8, 4) is 0 Å². The summed E-state index contributed by atoms with van der Waals surface area (Å²) in [5.74, 6) is -0.369. The van der Waals surface area contributed by atoms with Gasteiger partial charge in [0.2, 0.25) is 11.8 Å². The van der Waals surface area contributed by atoms with Crippen LogP contribution >= 0.6 is 22.7 Å². The molecule has 180 valence electrons. The molecule has 3 aromatic heterocycles. The Morgan fingerprint density at radius 2 is 1.89 bits per heavy atom. The normalized spacial score (nSPS) is 14.2. The molecule has 0 atom stereocenters. The molecule has 3 amide bonds. The lowest BCUT2D eigenvalue weighted by molar-refractivity contribution is -0.131. The summed E-state index contributed by atoms with van der Waals surface area (Å²) in [6, 6.07) is 9.88. The van der Waals surface area contributed by atoms with Gasteiger partial charge in [-0.2, -0.15) is 11.3 Å². The number of rotatable bonds is 6. The fraction of sp³-hybridized carbons (Fsp3) is 0.280. The van der Waals surface area contributed by atoms with Gasteiger partial charge in [0.05, 0.1) is 17.8 Å². The lowest BCUT2D eigenvalue weighted by atomic mass is 9.97. The van der Waals surface area contributed by atoms with Crippen molar-refractivity contribution in [1.29, 1.82) is 0 Å². The number of thiophene rings is 1. The molecule has 1 aliphatic heterocycles. The number of aromatic amines is 1. The first-order valence-corrected chi connectivity index (χ1v) is 13.3. The zero-order chi connectivity index (χ0) is 24.2. The Hall–Kier alpha value is -3.50. The van der Waals surface area contributed by atoms with Crippen molar-refractivity contribution in [2.75, 3.05) is 13.1 Å². The highest BCUT2D eigenvalue weighted by Crippen LogP contribution is 2.31. The molecule has 0 bridgehead atoms. The molecule has 4 heterocycles. The maximum atomic E-state index is 12.9. The van der Waals surface area contributed by atoms with Gasteiger partial charge in [-0.3, -0.25) is 25.2 Å². The summed E-state index contributed by atoms with van der Waals surface area (Å²) in [4.78, 5) is 46.9. The molecule has 0 aliphatic carbocycles. The van der Waals surface area contributed by atoms with Crippen LogP contribution in [0.25, 0.3) is 10.9 Å². The van der Waals surface area contributed by atoms with Crippen LogP contribution in [0.2, 0.25) is 0 Å². The van der Waals surface area contributed by atoms with Gasteiger partial charge in [-0.25, -0.2) is 4.98 Å². The van der Waals surface area contributed by atoms with Crippen molar-refractivity contribution in [2.24, 2.45) is 0 Å². The predicted octanol–water partition coefficient (Wildman–Crippen LogP) is 3.64. The van der Waals surface area contributed by atoms with E-state index in [1.54, 1.807) is 5.38 Å². The van der Waals surface area contributed by atoms with Gasteiger partial charge < -0.3 is 9.88 Å². The van der Waals surface area contributed by atoms with Crippen molar-refractivity contribution >= 4 is 51.3 Å². The number of amides is 3. The molecule has 0 radical (unpaired) electrons. The van der Waals surface area contributed by atoms with Crippen LogP contribution in [0.3, 0.4) is 0 Å². The van der Waals surface area contributed by atoms with E-state index in [0.29, 0.717) is 25.2 Å². The lowest BCUT2D eigenvalue weighted by Crippen LogP contribution is -2.42. The Bertz CT molecular complexity index is 1340. The molecule has 0 saturated carbocycles. The Morgan fingerprint density at radius 1 is 1.06 bits per heavy atom. The van der Waals surface area contributed by atoms with Crippen LogP contribution in [0.4, 0.5) is 0 Å². The van der Waals surface area contributed by atoms with Crippen LogP contribution in [0.1, 0.15) is 45.4 Å². The topological polar surface area (TPSA) is 107 Å². The van der Waals surface area contributed by atoms with E-state index in [-0.39, 0.29) is 24.2 Å². The number of fused-ring (bicyclic) bond motifs is 1. The number of nitrogens with one attached hydrogen (secondary N) is 3. The monoisotopic (exact) mass is 507 g/mol. The van der Waals surface area contributed by atoms with E-state index in [0.717, 1.165) is 39.9 Å². The molecule has 0 unspecified atom stereocenters. The number of carbonyl (C=O) groups is 3. The fourth-order valence-corrected chi connectivity index (χ4v) is 5.96. The van der Waals surface area contributed by atoms with E-state index in [2.05, 4.69) is 20.8 Å². The number of thiazole rings is 1. The number of likely N-dealkylation sites (tertiary alicyclic amines) is 1. The molecule has 1 aromatic carbocycles. The summed E-state index contributed by atoms with van der Waals surface area (Å²) >= 11 is 2.97. The van der Waals surface area contributed by atoms with Crippen molar-refractivity contribution in [2.45, 2.75) is 31.6 Å². The van der Waals surface area contributed by atoms with E-state index in [1.807, 2.05) is 52.2 Å². The predicted molar refractivity (Wildman–Crippen MR) is 136 cm³/mol. The third-order valence-corrected chi connectivity index (χ3v) is 7.97. The molecule has 0 spiro atoms. The van der Waals surface area contributed by atoms with E-state index < -0.39 is 5.91 Å². The van der Waals surface area contributed by atoms with E-state index >= 15 is 0 Å². The molecular formula is C25H25N5O3S2. The zero-order valence-corrected chi connectivity index (χ0v) is 20.6. The quantitative estimate of drug-likeness (QED) is 0.346. The molecule has 4 aromatic rings. The van der Waals surface area contributed by atoms with Gasteiger partial charge in [-0.15, -0.1) is 11.3 Å². The van der Waals surface area contributed by atoms with Crippen molar-refractivity contribution < 1.29 is 14.4 Å². The summed E-state index contributed by atoms with van der Waals surface area (Å²) in [5, 5.41) is 7.50. The molecule has 10 heteroatoms. The molecule has 5 rings (SSSR count). The molecule has 8 nitrogen and oxygen atoms in total. The minimum atomic E-state index is -0.433. The molecular weight excluding hydrogens is 482 g/mol. The van der Waals surface area contributed by atoms with Gasteiger partial charge in [0.1, 0.15) is 5.69 Å². The number of benzene rings is 1. The number of hydrogen-bond donors (Lipinski definition) is 3. The van der Waals surface area contributed by atoms with E-state index in [1.165, 1.54) is 22.7 Å². The van der Waals surface area contributed by atoms with Crippen molar-refractivity contribution in [3.63, 3.8) is 0 Å². The lowest BCUT2D eigenvalue weighted by Gasteiger charge is -2.31. The number of H-pyrrole nitrogens is 1. The standard InChI is InChI=1S/C25H25N5O3S2/c31-22(11-16-7-10-34-14-16)28-29-24(33)21-15-35-25(27-21)17-5-8-30(9-6-17)23(32)12-18-13-26-20-4-2-1-3-19(18)20/h1-4,7,10,13-15,17,26H,5-6,8-9,11-12H2,(H,28,31)(H,29,33). The van der Waals surface area contributed by atoms with Crippen LogP contribution in [0.15, 0.2) is 52.7 Å². The number of aromatic nitrogens is 2. The van der Waals surface area contributed by atoms with E-state index in [9.17, 15) is 14.4 Å². The van der Waals surface area contributed by atoms with Gasteiger partial charge in [0.15, 0.2) is 0 Å². The minimum absolute atomic E-state index is 0.130. The average molecular weight is 508 g/mol. The van der Waals surface area contributed by atoms with Crippen LogP contribution in [-0.4, -0.2) is 45.7 Å². The van der Waals surface area contributed by atoms with Crippen LogP contribution in [-0.2, 0) is 22.4 Å². The van der Waals surface area contributed by atoms with E-state index in [4.69, 9.17) is 0 Å². The zero-order valence-electron chi connectivity index (χ0n) is 19.0. The first-order valence-electron chi connectivity index (χ1n) is 11.5. The minimum Gasteiger partial charge on any atom is -0.361 e. The third-order valence-electron chi connectivity index (χ3n) is 6.23. The second-order valence-corrected chi connectivity index (χ2v) is 10.2. The Kier molecular flexibility index (Phi) is 6.91. The highest BCUT2D eigenvalue weighted by Gasteiger charge is 2.27. The summed E-state index contributed by atoms with van der Waals surface area (Å²) in [6.07, 6.45) is 4.14. The molecule has 1 fully saturated rings. The van der Waals surface area contributed by atoms with Gasteiger partial charge in [-0.1, -0.05) is 18.2 Å². The Labute approximate surface area is 210 Å². The summed E-state index contributed by atoms with van der Waals surface area (Å²) in [5.41, 5.74) is 8.13. The van der Waals surface area contributed by atoms with Crippen LogP contribution in [0.5, 0.6) is 0 Å². The summed E-state index contributed by atoms with van der Waals surface area (Å²) in [7, 11) is 0. The van der Waals surface area contributed by atoms with Crippen LogP contribution < -0.4 is 10.9 Å². The largest absolute Gasteiger partial charge is 0.361 e. The smallest absolute Gasteiger partial charge is 0.289 e. The summed E-state index contributed by atoms with van der Waals surface area (Å²) in [6.45, 7) is 1.34. The fourth-order valence-electron chi connectivity index (χ4n) is 4.32. The molecule has 35 heavy (non-hydrogen) atoms. The number of piperidine rings is 1. The van der Waals surface area contributed by atoms with Gasteiger partial charge in [-0.05, 0) is 46.9 Å². The SMILES string of the molecule is O=C(Cc1ccsc1)NNC(=O)c1csc(C2CCN(C(=O)Cc3c[nH]c4ccccc34)CC2)n1. The summed E-state index contributed by atoms with van der Waals surface area (Å²) < 4.78 is 0. The average Bonchev–Trinajstić information content (AvgIpc) is 3.65. The highest BCUT2D eigenvalue weighted by molar-refractivity contribution is 7.10. The molecule has 1 saturated heterocycles. The van der Waals surface area contributed by atoms with Crippen molar-refractivity contribution in [3.05, 3.63) is 74.5 Å². The second kappa shape index (κ2) is 10.4. The van der Waals surface area contributed by atoms with Gasteiger partial charge in [0.25, 0.3) is 5.91 Å².